The summed E-state index contributed by atoms with van der Waals surface area (Å²) in [7, 11) is 4.92. The largest absolute Gasteiger partial charge is 0.496 e. The number of carboxylic acids is 1. The third-order valence-electron chi connectivity index (χ3n) is 4.60. The number of anilines is 1. The highest BCUT2D eigenvalue weighted by Gasteiger charge is 2.12. The van der Waals surface area contributed by atoms with Crippen LogP contribution in [-0.2, 0) is 21.3 Å². The Morgan fingerprint density at radius 2 is 1.66 bits per heavy atom. The second-order valence-corrected chi connectivity index (χ2v) is 8.05. The Morgan fingerprint density at radius 3 is 2.22 bits per heavy atom. The molecule has 1 unspecified atom stereocenters. The van der Waals surface area contributed by atoms with E-state index in [0.29, 0.717) is 47.3 Å². The number of benzene rings is 2. The molecule has 0 aromatic heterocycles. The quantitative estimate of drug-likeness (QED) is 0.431. The zero-order chi connectivity index (χ0) is 23.5. The molecule has 0 aliphatic rings. The molecule has 0 bridgehead atoms. The standard InChI is InChI=1S/C23H29NO7S/c1-28-17-13-21(30-3)18(22(14-17)31-4)9-11-32(27)15-16-7-8-20(29-2)19(12-16)24-10-5-6-23(25)26/h7-9,11-14,24H,5-6,10,15H2,1-4H3,(H,25,26). The van der Waals surface area contributed by atoms with Gasteiger partial charge in [0.05, 0.1) is 56.2 Å². The van der Waals surface area contributed by atoms with Crippen LogP contribution in [-0.4, -0.2) is 50.3 Å². The first-order chi connectivity index (χ1) is 15.4. The molecule has 2 aromatic carbocycles. The van der Waals surface area contributed by atoms with E-state index in [4.69, 9.17) is 24.1 Å². The van der Waals surface area contributed by atoms with Gasteiger partial charge in [0, 0.05) is 30.5 Å². The molecular formula is C23H29NO7S. The van der Waals surface area contributed by atoms with Crippen LogP contribution in [0.4, 0.5) is 5.69 Å². The molecule has 8 nitrogen and oxygen atoms in total. The molecule has 9 heteroatoms. The van der Waals surface area contributed by atoms with E-state index in [9.17, 15) is 9.00 Å². The molecule has 2 N–H and O–H groups in total. The van der Waals surface area contributed by atoms with Gasteiger partial charge in [-0.05, 0) is 30.2 Å². The number of aliphatic carboxylic acids is 1. The zero-order valence-electron chi connectivity index (χ0n) is 18.7. The summed E-state index contributed by atoms with van der Waals surface area (Å²) in [5.41, 5.74) is 2.25. The van der Waals surface area contributed by atoms with Gasteiger partial charge in [-0.3, -0.25) is 9.00 Å². The van der Waals surface area contributed by atoms with Crippen molar-refractivity contribution < 1.29 is 33.1 Å². The summed E-state index contributed by atoms with van der Waals surface area (Å²) in [6, 6.07) is 8.97. The minimum atomic E-state index is -1.30. The fraction of sp³-hybridized carbons (Fsp3) is 0.348. The van der Waals surface area contributed by atoms with Crippen LogP contribution in [0.5, 0.6) is 23.0 Å². The molecule has 2 rings (SSSR count). The van der Waals surface area contributed by atoms with Gasteiger partial charge in [0.25, 0.3) is 0 Å². The smallest absolute Gasteiger partial charge is 0.303 e. The normalized spacial score (nSPS) is 11.8. The van der Waals surface area contributed by atoms with Crippen molar-refractivity contribution in [3.8, 4) is 23.0 Å². The van der Waals surface area contributed by atoms with Crippen molar-refractivity contribution in [3.63, 3.8) is 0 Å². The average Bonchev–Trinajstić information content (AvgIpc) is 2.79. The molecular weight excluding hydrogens is 434 g/mol. The molecule has 0 fully saturated rings. The van der Waals surface area contributed by atoms with Gasteiger partial charge in [-0.2, -0.15) is 0 Å². The van der Waals surface area contributed by atoms with E-state index >= 15 is 0 Å². The molecule has 0 saturated carbocycles. The van der Waals surface area contributed by atoms with Crippen molar-refractivity contribution in [3.05, 3.63) is 46.9 Å². The van der Waals surface area contributed by atoms with E-state index in [-0.39, 0.29) is 6.42 Å². The van der Waals surface area contributed by atoms with Crippen LogP contribution < -0.4 is 24.3 Å². The van der Waals surface area contributed by atoms with Crippen molar-refractivity contribution in [1.82, 2.24) is 0 Å². The van der Waals surface area contributed by atoms with Crippen molar-refractivity contribution in [2.75, 3.05) is 40.3 Å². The molecule has 0 amide bonds. The Kier molecular flexibility index (Phi) is 9.87. The number of carbonyl (C=O) groups is 1. The fourth-order valence-corrected chi connectivity index (χ4v) is 3.89. The molecule has 0 radical (unpaired) electrons. The summed E-state index contributed by atoms with van der Waals surface area (Å²) < 4.78 is 34.1. The molecule has 1 atom stereocenters. The Morgan fingerprint density at radius 1 is 1.00 bits per heavy atom. The third-order valence-corrected chi connectivity index (χ3v) is 5.65. The SMILES string of the molecule is COc1cc(OC)c(C=CS(=O)Cc2ccc(OC)c(NCCCC(=O)O)c2)c(OC)c1. The maximum absolute atomic E-state index is 12.7. The number of rotatable bonds is 13. The lowest BCUT2D eigenvalue weighted by Gasteiger charge is -2.13. The molecule has 0 heterocycles. The van der Waals surface area contributed by atoms with Gasteiger partial charge < -0.3 is 29.4 Å². The van der Waals surface area contributed by atoms with E-state index in [1.165, 1.54) is 0 Å². The summed E-state index contributed by atoms with van der Waals surface area (Å²) in [6.07, 6.45) is 2.28. The highest BCUT2D eigenvalue weighted by Crippen LogP contribution is 2.35. The summed E-state index contributed by atoms with van der Waals surface area (Å²) in [6.45, 7) is 0.492. The van der Waals surface area contributed by atoms with Crippen LogP contribution in [0.2, 0.25) is 0 Å². The van der Waals surface area contributed by atoms with Crippen molar-refractivity contribution in [2.45, 2.75) is 18.6 Å². The summed E-state index contributed by atoms with van der Waals surface area (Å²) in [4.78, 5) is 10.7. The number of hydrogen-bond acceptors (Lipinski definition) is 7. The molecule has 0 aliphatic carbocycles. The van der Waals surface area contributed by atoms with Gasteiger partial charge in [0.1, 0.15) is 23.0 Å². The van der Waals surface area contributed by atoms with Gasteiger partial charge in [-0.15, -0.1) is 0 Å². The summed E-state index contributed by atoms with van der Waals surface area (Å²) in [5.74, 6) is 1.79. The van der Waals surface area contributed by atoms with Crippen LogP contribution >= 0.6 is 0 Å². The van der Waals surface area contributed by atoms with Crippen LogP contribution in [0.1, 0.15) is 24.0 Å². The van der Waals surface area contributed by atoms with E-state index < -0.39 is 16.8 Å². The van der Waals surface area contributed by atoms with E-state index in [0.717, 1.165) is 11.3 Å². The second kappa shape index (κ2) is 12.6. The lowest BCUT2D eigenvalue weighted by molar-refractivity contribution is -0.137. The van der Waals surface area contributed by atoms with Crippen LogP contribution in [0.3, 0.4) is 0 Å². The van der Waals surface area contributed by atoms with E-state index in [1.807, 2.05) is 12.1 Å². The fourth-order valence-electron chi connectivity index (χ4n) is 3.00. The molecule has 174 valence electrons. The number of ether oxygens (including phenoxy) is 4. The Bertz CT molecular complexity index is 950. The first-order valence-electron chi connectivity index (χ1n) is 9.89. The van der Waals surface area contributed by atoms with E-state index in [2.05, 4.69) is 5.32 Å². The Labute approximate surface area is 190 Å². The minimum Gasteiger partial charge on any atom is -0.496 e. The summed E-state index contributed by atoms with van der Waals surface area (Å²) >= 11 is 0. The molecule has 0 saturated heterocycles. The zero-order valence-corrected chi connectivity index (χ0v) is 19.5. The van der Waals surface area contributed by atoms with Crippen LogP contribution in [0.25, 0.3) is 6.08 Å². The van der Waals surface area contributed by atoms with Gasteiger partial charge in [0.15, 0.2) is 0 Å². The maximum Gasteiger partial charge on any atom is 0.303 e. The van der Waals surface area contributed by atoms with Crippen molar-refractivity contribution in [2.24, 2.45) is 0 Å². The predicted molar refractivity (Wildman–Crippen MR) is 125 cm³/mol. The molecule has 0 spiro atoms. The molecule has 0 aliphatic heterocycles. The van der Waals surface area contributed by atoms with Crippen molar-refractivity contribution >= 4 is 28.5 Å². The first kappa shape index (κ1) is 25.1. The maximum atomic E-state index is 12.7. The van der Waals surface area contributed by atoms with E-state index in [1.54, 1.807) is 58.1 Å². The number of hydrogen-bond donors (Lipinski definition) is 2. The Balaban J connectivity index is 2.13. The van der Waals surface area contributed by atoms with Gasteiger partial charge >= 0.3 is 5.97 Å². The van der Waals surface area contributed by atoms with Crippen LogP contribution in [0, 0.1) is 0 Å². The monoisotopic (exact) mass is 463 g/mol. The predicted octanol–water partition coefficient (Wildman–Crippen LogP) is 3.92. The second-order valence-electron chi connectivity index (χ2n) is 6.73. The molecule has 32 heavy (non-hydrogen) atoms. The lowest BCUT2D eigenvalue weighted by Crippen LogP contribution is -2.06. The topological polar surface area (TPSA) is 103 Å². The Hall–Kier alpha value is -3.20. The number of methoxy groups -OCH3 is 4. The highest BCUT2D eigenvalue weighted by molar-refractivity contribution is 7.87. The lowest BCUT2D eigenvalue weighted by atomic mass is 10.1. The van der Waals surface area contributed by atoms with Gasteiger partial charge in [-0.1, -0.05) is 6.07 Å². The van der Waals surface area contributed by atoms with Gasteiger partial charge in [0.2, 0.25) is 0 Å². The highest BCUT2D eigenvalue weighted by atomic mass is 32.2. The number of carboxylic acid groups (broad SMARTS) is 1. The molecule has 2 aromatic rings. The third kappa shape index (κ3) is 7.19. The number of nitrogens with one attached hydrogen (secondary N) is 1. The average molecular weight is 464 g/mol. The van der Waals surface area contributed by atoms with Crippen molar-refractivity contribution in [1.29, 1.82) is 0 Å². The van der Waals surface area contributed by atoms with Crippen LogP contribution in [0.15, 0.2) is 35.7 Å². The minimum absolute atomic E-state index is 0.0854. The first-order valence-corrected chi connectivity index (χ1v) is 11.3. The van der Waals surface area contributed by atoms with Gasteiger partial charge in [-0.25, -0.2) is 0 Å². The summed E-state index contributed by atoms with van der Waals surface area (Å²) in [5, 5.41) is 13.5.